The molecule has 232 valence electrons. The Morgan fingerprint density at radius 2 is 1.61 bits per heavy atom. The van der Waals surface area contributed by atoms with Crippen LogP contribution in [0.15, 0.2) is 60.9 Å². The summed E-state index contributed by atoms with van der Waals surface area (Å²) in [5.41, 5.74) is 1.26. The first-order valence-electron chi connectivity index (χ1n) is 14.6. The first-order valence-corrected chi connectivity index (χ1v) is 14.6. The first-order chi connectivity index (χ1) is 21.0. The van der Waals surface area contributed by atoms with Gasteiger partial charge in [-0.15, -0.1) is 0 Å². The van der Waals surface area contributed by atoms with Gasteiger partial charge in [-0.25, -0.2) is 14.8 Å². The molecule has 12 nitrogen and oxygen atoms in total. The van der Waals surface area contributed by atoms with Crippen molar-refractivity contribution < 1.29 is 28.7 Å². The van der Waals surface area contributed by atoms with E-state index < -0.39 is 29.6 Å². The fourth-order valence-corrected chi connectivity index (χ4v) is 4.63. The Balaban J connectivity index is 1.58. The second kappa shape index (κ2) is 14.5. The van der Waals surface area contributed by atoms with Crippen LogP contribution in [-0.4, -0.2) is 93.1 Å². The number of carbonyl (C=O) groups is 4. The number of piperazine rings is 1. The number of hydrogen-bond donors (Lipinski definition) is 1. The molecule has 0 spiro atoms. The van der Waals surface area contributed by atoms with Crippen LogP contribution in [0.1, 0.15) is 51.0 Å². The zero-order chi connectivity index (χ0) is 31.7. The molecule has 0 bridgehead atoms. The highest BCUT2D eigenvalue weighted by molar-refractivity contribution is 5.97. The molecule has 12 heteroatoms. The summed E-state index contributed by atoms with van der Waals surface area (Å²) >= 11 is 0. The summed E-state index contributed by atoms with van der Waals surface area (Å²) in [6.07, 6.45) is 2.78. The maximum absolute atomic E-state index is 13.7. The highest BCUT2D eigenvalue weighted by Gasteiger charge is 2.32. The molecule has 0 saturated carbocycles. The molecule has 1 N–H and O–H groups in total. The molecule has 3 amide bonds. The monoisotopic (exact) mass is 602 g/mol. The second-order valence-corrected chi connectivity index (χ2v) is 11.2. The lowest BCUT2D eigenvalue weighted by atomic mass is 10.1. The minimum atomic E-state index is -1.04. The van der Waals surface area contributed by atoms with Crippen LogP contribution < -0.4 is 5.32 Å². The van der Waals surface area contributed by atoms with Crippen LogP contribution in [-0.2, 0) is 19.1 Å². The number of rotatable bonds is 9. The maximum Gasteiger partial charge on any atom is 0.409 e. The smallest absolute Gasteiger partial charge is 0.409 e. The summed E-state index contributed by atoms with van der Waals surface area (Å²) in [6, 6.07) is 13.4. The van der Waals surface area contributed by atoms with E-state index in [0.717, 1.165) is 0 Å². The molecule has 44 heavy (non-hydrogen) atoms. The molecular weight excluding hydrogens is 564 g/mol. The number of esters is 1. The summed E-state index contributed by atoms with van der Waals surface area (Å²) in [4.78, 5) is 68.6. The zero-order valence-electron chi connectivity index (χ0n) is 25.5. The average Bonchev–Trinajstić information content (AvgIpc) is 3.02. The van der Waals surface area contributed by atoms with Gasteiger partial charge in [-0.1, -0.05) is 30.3 Å². The number of nitrogens with one attached hydrogen (secondary N) is 1. The highest BCUT2D eigenvalue weighted by Crippen LogP contribution is 2.22. The van der Waals surface area contributed by atoms with Gasteiger partial charge in [-0.2, -0.15) is 0 Å². The minimum Gasteiger partial charge on any atom is -0.460 e. The number of hydrogen-bond acceptors (Lipinski definition) is 9. The molecule has 1 atom stereocenters. The molecule has 1 saturated heterocycles. The normalized spacial score (nSPS) is 14.0. The quantitative estimate of drug-likeness (QED) is 0.362. The van der Waals surface area contributed by atoms with E-state index in [1.165, 1.54) is 4.90 Å². The summed E-state index contributed by atoms with van der Waals surface area (Å²) in [5.74, 6) is -1.11. The molecule has 1 aromatic carbocycles. The molecule has 0 aliphatic carbocycles. The maximum atomic E-state index is 13.7. The predicted octanol–water partition coefficient (Wildman–Crippen LogP) is 3.73. The second-order valence-electron chi connectivity index (χ2n) is 11.2. The molecular formula is C32H38N6O6. The number of amides is 3. The third kappa shape index (κ3) is 8.82. The number of benzene rings is 1. The molecule has 3 heterocycles. The van der Waals surface area contributed by atoms with Crippen LogP contribution in [0.5, 0.6) is 0 Å². The van der Waals surface area contributed by atoms with Crippen LogP contribution in [0.4, 0.5) is 4.79 Å². The van der Waals surface area contributed by atoms with Crippen molar-refractivity contribution in [1.29, 1.82) is 0 Å². The van der Waals surface area contributed by atoms with E-state index in [0.29, 0.717) is 22.6 Å². The minimum absolute atomic E-state index is 0.0175. The van der Waals surface area contributed by atoms with Gasteiger partial charge in [0.1, 0.15) is 17.3 Å². The lowest BCUT2D eigenvalue weighted by Gasteiger charge is -2.36. The van der Waals surface area contributed by atoms with Crippen molar-refractivity contribution in [3.8, 4) is 22.6 Å². The van der Waals surface area contributed by atoms with Crippen LogP contribution in [0.25, 0.3) is 22.6 Å². The van der Waals surface area contributed by atoms with Crippen molar-refractivity contribution in [1.82, 2.24) is 30.1 Å². The van der Waals surface area contributed by atoms with Crippen molar-refractivity contribution >= 4 is 23.9 Å². The fraction of sp³-hybridized carbons (Fsp3) is 0.406. The van der Waals surface area contributed by atoms with Gasteiger partial charge in [0.05, 0.1) is 12.3 Å². The van der Waals surface area contributed by atoms with Gasteiger partial charge in [0.2, 0.25) is 5.91 Å². The van der Waals surface area contributed by atoms with Crippen LogP contribution >= 0.6 is 0 Å². The third-order valence-corrected chi connectivity index (χ3v) is 6.73. The summed E-state index contributed by atoms with van der Waals surface area (Å²) in [5, 5.41) is 2.81. The summed E-state index contributed by atoms with van der Waals surface area (Å²) in [6.45, 7) is 8.37. The van der Waals surface area contributed by atoms with E-state index in [1.807, 2.05) is 36.4 Å². The van der Waals surface area contributed by atoms with Gasteiger partial charge >= 0.3 is 12.1 Å². The van der Waals surface area contributed by atoms with Crippen molar-refractivity contribution in [2.24, 2.45) is 0 Å². The molecule has 1 fully saturated rings. The molecule has 4 rings (SSSR count). The molecule has 2 aromatic heterocycles. The Labute approximate surface area is 256 Å². The van der Waals surface area contributed by atoms with Crippen molar-refractivity contribution in [3.63, 3.8) is 0 Å². The Hall–Kier alpha value is -4.87. The van der Waals surface area contributed by atoms with Gasteiger partial charge < -0.3 is 24.6 Å². The molecule has 0 radical (unpaired) electrons. The number of ether oxygens (including phenoxy) is 2. The van der Waals surface area contributed by atoms with E-state index in [1.54, 1.807) is 57.1 Å². The van der Waals surface area contributed by atoms with Crippen molar-refractivity contribution in [3.05, 3.63) is 66.6 Å². The average molecular weight is 603 g/mol. The molecule has 3 aromatic rings. The van der Waals surface area contributed by atoms with E-state index in [2.05, 4.69) is 20.3 Å². The lowest BCUT2D eigenvalue weighted by molar-refractivity contribution is -0.155. The highest BCUT2D eigenvalue weighted by atomic mass is 16.6. The van der Waals surface area contributed by atoms with E-state index in [4.69, 9.17) is 9.47 Å². The molecule has 1 aliphatic heterocycles. The Morgan fingerprint density at radius 1 is 0.932 bits per heavy atom. The summed E-state index contributed by atoms with van der Waals surface area (Å²) in [7, 11) is 0. The standard InChI is InChI=1S/C32H38N6O6/c1-5-43-31(42)38-18-16-37(17-19-38)30(41)24(13-14-27(39)44-32(2,3)4)36-29(40)26-20-25(23-12-9-15-33-21-23)34-28(35-26)22-10-7-6-8-11-22/h6-12,15,20-21,24H,5,13-14,16-19H2,1-4H3,(H,36,40). The van der Waals surface area contributed by atoms with Crippen molar-refractivity contribution in [2.75, 3.05) is 32.8 Å². The zero-order valence-corrected chi connectivity index (χ0v) is 25.5. The first kappa shape index (κ1) is 32.1. The topological polar surface area (TPSA) is 144 Å². The van der Waals surface area contributed by atoms with Gasteiger partial charge in [-0.05, 0) is 52.3 Å². The SMILES string of the molecule is CCOC(=O)N1CCN(C(=O)C(CCC(=O)OC(C)(C)C)NC(=O)c2cc(-c3cccnc3)nc(-c3ccccc3)n2)CC1. The Kier molecular flexibility index (Phi) is 10.6. The lowest BCUT2D eigenvalue weighted by Crippen LogP contribution is -2.56. The predicted molar refractivity (Wildman–Crippen MR) is 162 cm³/mol. The number of pyridine rings is 1. The van der Waals surface area contributed by atoms with Gasteiger partial charge in [0.15, 0.2) is 5.82 Å². The third-order valence-electron chi connectivity index (χ3n) is 6.73. The van der Waals surface area contributed by atoms with Crippen molar-refractivity contribution in [2.45, 2.75) is 52.2 Å². The van der Waals surface area contributed by atoms with E-state index in [-0.39, 0.29) is 57.2 Å². The van der Waals surface area contributed by atoms with Crippen LogP contribution in [0, 0.1) is 0 Å². The van der Waals surface area contributed by atoms with Crippen LogP contribution in [0.2, 0.25) is 0 Å². The number of carbonyl (C=O) groups excluding carboxylic acids is 4. The number of nitrogens with zero attached hydrogens (tertiary/aromatic N) is 5. The van der Waals surface area contributed by atoms with Gasteiger partial charge in [-0.3, -0.25) is 19.4 Å². The van der Waals surface area contributed by atoms with E-state index in [9.17, 15) is 19.2 Å². The molecule has 1 unspecified atom stereocenters. The Morgan fingerprint density at radius 3 is 2.25 bits per heavy atom. The molecule has 1 aliphatic rings. The summed E-state index contributed by atoms with van der Waals surface area (Å²) < 4.78 is 10.5. The fourth-order valence-electron chi connectivity index (χ4n) is 4.63. The van der Waals surface area contributed by atoms with E-state index >= 15 is 0 Å². The largest absolute Gasteiger partial charge is 0.460 e. The number of aromatic nitrogens is 3. The van der Waals surface area contributed by atoms with Gasteiger partial charge in [0, 0.05) is 56.1 Å². The van der Waals surface area contributed by atoms with Gasteiger partial charge in [0.25, 0.3) is 5.91 Å². The Bertz CT molecular complexity index is 1400. The van der Waals surface area contributed by atoms with Crippen LogP contribution in [0.3, 0.4) is 0 Å².